The van der Waals surface area contributed by atoms with Gasteiger partial charge in [0.2, 0.25) is 0 Å². The van der Waals surface area contributed by atoms with Crippen molar-refractivity contribution in [3.63, 3.8) is 0 Å². The second-order valence-corrected chi connectivity index (χ2v) is 4.72. The van der Waals surface area contributed by atoms with E-state index in [1.54, 1.807) is 0 Å². The molecule has 0 spiro atoms. The molecule has 1 heterocycles. The Balaban J connectivity index is 2.16. The van der Waals surface area contributed by atoms with Crippen LogP contribution in [0, 0.1) is 11.8 Å². The molecule has 1 N–H and O–H groups in total. The van der Waals surface area contributed by atoms with Crippen molar-refractivity contribution in [3.8, 4) is 0 Å². The van der Waals surface area contributed by atoms with Crippen molar-refractivity contribution in [2.45, 2.75) is 52.1 Å². The first-order valence-corrected chi connectivity index (χ1v) is 5.49. The summed E-state index contributed by atoms with van der Waals surface area (Å²) in [6.45, 7) is 6.82. The number of nitrogens with one attached hydrogen (secondary N) is 1. The van der Waals surface area contributed by atoms with Gasteiger partial charge in [0.15, 0.2) is 0 Å². The fourth-order valence-corrected chi connectivity index (χ4v) is 2.69. The average molecular weight is 180 g/mol. The molecule has 74 valence electrons. The minimum absolute atomic E-state index is 0.553. The largest absolute Gasteiger partial charge is 0.369 e. The lowest BCUT2D eigenvalue weighted by molar-refractivity contribution is 0.318. The highest BCUT2D eigenvalue weighted by atomic mass is 15.1. The second kappa shape index (κ2) is 3.32. The SMILES string of the molecule is CC1=NC2C(CCCC(C)C2C)N1. The first-order valence-electron chi connectivity index (χ1n) is 5.49. The molecule has 0 aromatic rings. The molecule has 0 bridgehead atoms. The van der Waals surface area contributed by atoms with Crippen LogP contribution in [0.25, 0.3) is 0 Å². The van der Waals surface area contributed by atoms with E-state index in [2.05, 4.69) is 26.1 Å². The zero-order valence-corrected chi connectivity index (χ0v) is 8.88. The lowest BCUT2D eigenvalue weighted by Crippen LogP contribution is -2.36. The smallest absolute Gasteiger partial charge is 0.0939 e. The highest BCUT2D eigenvalue weighted by Crippen LogP contribution is 2.32. The topological polar surface area (TPSA) is 24.4 Å². The van der Waals surface area contributed by atoms with Crippen LogP contribution < -0.4 is 5.32 Å². The van der Waals surface area contributed by atoms with Crippen LogP contribution in [0.15, 0.2) is 4.99 Å². The Morgan fingerprint density at radius 2 is 2.08 bits per heavy atom. The molecule has 1 aliphatic carbocycles. The molecule has 0 saturated heterocycles. The van der Waals surface area contributed by atoms with Crippen molar-refractivity contribution in [1.82, 2.24) is 5.32 Å². The summed E-state index contributed by atoms with van der Waals surface area (Å²) in [7, 11) is 0. The molecule has 0 aromatic heterocycles. The summed E-state index contributed by atoms with van der Waals surface area (Å²) in [6.07, 6.45) is 4.05. The van der Waals surface area contributed by atoms with Crippen LogP contribution in [0.5, 0.6) is 0 Å². The van der Waals surface area contributed by atoms with Gasteiger partial charge in [0.25, 0.3) is 0 Å². The fraction of sp³-hybridized carbons (Fsp3) is 0.909. The molecule has 2 aliphatic rings. The van der Waals surface area contributed by atoms with E-state index >= 15 is 0 Å². The van der Waals surface area contributed by atoms with Gasteiger partial charge in [0.1, 0.15) is 0 Å². The Morgan fingerprint density at radius 1 is 1.31 bits per heavy atom. The van der Waals surface area contributed by atoms with Crippen LogP contribution in [0.4, 0.5) is 0 Å². The zero-order valence-electron chi connectivity index (χ0n) is 8.88. The molecule has 1 fully saturated rings. The van der Waals surface area contributed by atoms with Gasteiger partial charge in [-0.2, -0.15) is 0 Å². The number of rotatable bonds is 0. The number of amidine groups is 1. The molecule has 1 aliphatic heterocycles. The van der Waals surface area contributed by atoms with Gasteiger partial charge >= 0.3 is 0 Å². The van der Waals surface area contributed by atoms with E-state index in [0.29, 0.717) is 12.1 Å². The molecular weight excluding hydrogens is 160 g/mol. The van der Waals surface area contributed by atoms with Gasteiger partial charge in [-0.3, -0.25) is 4.99 Å². The van der Waals surface area contributed by atoms with Gasteiger partial charge in [-0.05, 0) is 25.2 Å². The number of fused-ring (bicyclic) bond motifs is 1. The fourth-order valence-electron chi connectivity index (χ4n) is 2.69. The van der Waals surface area contributed by atoms with E-state index in [9.17, 15) is 0 Å². The summed E-state index contributed by atoms with van der Waals surface area (Å²) >= 11 is 0. The van der Waals surface area contributed by atoms with E-state index in [0.717, 1.165) is 17.7 Å². The van der Waals surface area contributed by atoms with Crippen LogP contribution in [-0.2, 0) is 0 Å². The minimum Gasteiger partial charge on any atom is -0.369 e. The van der Waals surface area contributed by atoms with Crippen molar-refractivity contribution < 1.29 is 0 Å². The number of nitrogens with zero attached hydrogens (tertiary/aromatic N) is 1. The normalized spacial score (nSPS) is 44.7. The van der Waals surface area contributed by atoms with Crippen molar-refractivity contribution in [2.75, 3.05) is 0 Å². The number of aliphatic imine (C=N–C) groups is 1. The molecular formula is C11H20N2. The van der Waals surface area contributed by atoms with Gasteiger partial charge in [0, 0.05) is 6.04 Å². The highest BCUT2D eigenvalue weighted by molar-refractivity contribution is 5.82. The monoisotopic (exact) mass is 180 g/mol. The maximum absolute atomic E-state index is 4.71. The van der Waals surface area contributed by atoms with Crippen molar-refractivity contribution >= 4 is 5.84 Å². The summed E-state index contributed by atoms with van der Waals surface area (Å²) in [6, 6.07) is 1.19. The van der Waals surface area contributed by atoms with Crippen LogP contribution >= 0.6 is 0 Å². The zero-order chi connectivity index (χ0) is 9.42. The summed E-state index contributed by atoms with van der Waals surface area (Å²) in [5, 5.41) is 3.50. The van der Waals surface area contributed by atoms with E-state index in [1.807, 2.05) is 0 Å². The Morgan fingerprint density at radius 3 is 2.85 bits per heavy atom. The van der Waals surface area contributed by atoms with Gasteiger partial charge in [-0.25, -0.2) is 0 Å². The van der Waals surface area contributed by atoms with Gasteiger partial charge in [0.05, 0.1) is 11.9 Å². The molecule has 2 heteroatoms. The predicted molar refractivity (Wildman–Crippen MR) is 56.0 cm³/mol. The predicted octanol–water partition coefficient (Wildman–Crippen LogP) is 2.20. The van der Waals surface area contributed by atoms with Crippen molar-refractivity contribution in [2.24, 2.45) is 16.8 Å². The van der Waals surface area contributed by atoms with Crippen molar-refractivity contribution in [1.29, 1.82) is 0 Å². The Bertz CT molecular complexity index is 222. The Kier molecular flexibility index (Phi) is 2.31. The maximum atomic E-state index is 4.71. The molecule has 2 rings (SSSR count). The Hall–Kier alpha value is -0.530. The standard InChI is InChI=1S/C11H20N2/c1-7-5-4-6-10-11(8(7)2)13-9(3)12-10/h7-8,10-11H,4-6H2,1-3H3,(H,12,13). The van der Waals surface area contributed by atoms with Crippen molar-refractivity contribution in [3.05, 3.63) is 0 Å². The average Bonchev–Trinajstić information content (AvgIpc) is 2.40. The van der Waals surface area contributed by atoms with Crippen LogP contribution in [-0.4, -0.2) is 17.9 Å². The summed E-state index contributed by atoms with van der Waals surface area (Å²) in [5.41, 5.74) is 0. The van der Waals surface area contributed by atoms with Gasteiger partial charge in [-0.1, -0.05) is 26.7 Å². The van der Waals surface area contributed by atoms with E-state index < -0.39 is 0 Å². The summed E-state index contributed by atoms with van der Waals surface area (Å²) in [4.78, 5) is 4.71. The lowest BCUT2D eigenvalue weighted by atomic mass is 9.87. The molecule has 4 atom stereocenters. The Labute approximate surface area is 80.8 Å². The maximum Gasteiger partial charge on any atom is 0.0939 e. The summed E-state index contributed by atoms with van der Waals surface area (Å²) < 4.78 is 0. The lowest BCUT2D eigenvalue weighted by Gasteiger charge is -2.23. The van der Waals surface area contributed by atoms with Crippen LogP contribution in [0.3, 0.4) is 0 Å². The second-order valence-electron chi connectivity index (χ2n) is 4.72. The quantitative estimate of drug-likeness (QED) is 0.607. The third-order valence-electron chi connectivity index (χ3n) is 3.76. The molecule has 0 aromatic carbocycles. The third-order valence-corrected chi connectivity index (χ3v) is 3.76. The first kappa shape index (κ1) is 9.04. The van der Waals surface area contributed by atoms with E-state index in [4.69, 9.17) is 4.99 Å². The number of hydrogen-bond acceptors (Lipinski definition) is 2. The van der Waals surface area contributed by atoms with Crippen LogP contribution in [0.2, 0.25) is 0 Å². The first-order chi connectivity index (χ1) is 6.18. The number of hydrogen-bond donors (Lipinski definition) is 1. The minimum atomic E-state index is 0.553. The van der Waals surface area contributed by atoms with Gasteiger partial charge < -0.3 is 5.32 Å². The molecule has 0 radical (unpaired) electrons. The third kappa shape index (κ3) is 1.59. The van der Waals surface area contributed by atoms with E-state index in [-0.39, 0.29) is 0 Å². The van der Waals surface area contributed by atoms with E-state index in [1.165, 1.54) is 19.3 Å². The highest BCUT2D eigenvalue weighted by Gasteiger charge is 2.35. The molecule has 2 nitrogen and oxygen atoms in total. The molecule has 4 unspecified atom stereocenters. The van der Waals surface area contributed by atoms with Crippen LogP contribution in [0.1, 0.15) is 40.0 Å². The molecule has 1 saturated carbocycles. The molecule has 13 heavy (non-hydrogen) atoms. The van der Waals surface area contributed by atoms with Gasteiger partial charge in [-0.15, -0.1) is 0 Å². The summed E-state index contributed by atoms with van der Waals surface area (Å²) in [5.74, 6) is 2.74. The molecule has 0 amide bonds.